The van der Waals surface area contributed by atoms with E-state index in [9.17, 15) is 9.59 Å². The minimum absolute atomic E-state index is 0.00419. The summed E-state index contributed by atoms with van der Waals surface area (Å²) in [5, 5.41) is 3.47. The van der Waals surface area contributed by atoms with Crippen molar-refractivity contribution in [2.75, 3.05) is 18.2 Å². The second kappa shape index (κ2) is 5.34. The van der Waals surface area contributed by atoms with E-state index in [1.165, 1.54) is 7.11 Å². The molecule has 6 nitrogen and oxygen atoms in total. The van der Waals surface area contributed by atoms with Crippen LogP contribution in [0.4, 0.5) is 10.1 Å². The lowest BCUT2D eigenvalue weighted by Gasteiger charge is -2.15. The zero-order valence-corrected chi connectivity index (χ0v) is 11.7. The highest BCUT2D eigenvalue weighted by atomic mass is 32.1. The summed E-state index contributed by atoms with van der Waals surface area (Å²) in [5.74, 6) is -0.568. The Hall–Kier alpha value is -1.63. The molecule has 100 valence electrons. The maximum absolute atomic E-state index is 11.8. The molecule has 0 atom stereocenters. The van der Waals surface area contributed by atoms with Crippen LogP contribution in [0.5, 0.6) is 0 Å². The fourth-order valence-corrected chi connectivity index (χ4v) is 1.78. The largest absolute Gasteiger partial charge is 0.469 e. The molecular weight excluding hydrogens is 254 g/mol. The van der Waals surface area contributed by atoms with Crippen LogP contribution in [0.15, 0.2) is 0 Å². The molecule has 0 aromatic carbocycles. The lowest BCUT2D eigenvalue weighted by molar-refractivity contribution is -0.139. The van der Waals surface area contributed by atoms with Gasteiger partial charge < -0.3 is 15.8 Å². The number of nitrogens with zero attached hydrogens (tertiary/aromatic N) is 1. The Labute approximate surface area is 110 Å². The van der Waals surface area contributed by atoms with Crippen LogP contribution in [0.2, 0.25) is 0 Å². The number of nitrogen functional groups attached to an aromatic ring is 1. The van der Waals surface area contributed by atoms with Crippen LogP contribution in [0.25, 0.3) is 0 Å². The number of hydrogen-bond acceptors (Lipinski definition) is 6. The molecule has 0 fully saturated rings. The van der Waals surface area contributed by atoms with E-state index in [0.29, 0.717) is 15.8 Å². The quantitative estimate of drug-likeness (QED) is 0.811. The predicted molar refractivity (Wildman–Crippen MR) is 70.3 cm³/mol. The molecule has 0 aliphatic carbocycles. The number of nitrogens with one attached hydrogen (secondary N) is 1. The Morgan fingerprint density at radius 3 is 2.56 bits per heavy atom. The number of methoxy groups -OCH3 is 1. The van der Waals surface area contributed by atoms with Crippen molar-refractivity contribution in [2.45, 2.75) is 27.2 Å². The molecule has 0 saturated heterocycles. The van der Waals surface area contributed by atoms with Gasteiger partial charge in [-0.25, -0.2) is 4.98 Å². The van der Waals surface area contributed by atoms with Crippen molar-refractivity contribution in [1.29, 1.82) is 0 Å². The lowest BCUT2D eigenvalue weighted by Crippen LogP contribution is -2.27. The predicted octanol–water partition coefficient (Wildman–Crippen LogP) is 1.43. The monoisotopic (exact) mass is 271 g/mol. The summed E-state index contributed by atoms with van der Waals surface area (Å²) in [6.07, 6.45) is 0.00419. The Bertz CT molecular complexity index is 463. The van der Waals surface area contributed by atoms with E-state index in [2.05, 4.69) is 15.0 Å². The second-order valence-corrected chi connectivity index (χ2v) is 5.82. The zero-order chi connectivity index (χ0) is 13.9. The van der Waals surface area contributed by atoms with E-state index >= 15 is 0 Å². The molecular formula is C11H17N3O3S. The first-order chi connectivity index (χ1) is 8.24. The number of amides is 1. The van der Waals surface area contributed by atoms with E-state index in [1.807, 2.05) is 0 Å². The van der Waals surface area contributed by atoms with Crippen LogP contribution in [0.3, 0.4) is 0 Å². The van der Waals surface area contributed by atoms with Gasteiger partial charge >= 0.3 is 5.97 Å². The molecule has 18 heavy (non-hydrogen) atoms. The van der Waals surface area contributed by atoms with Gasteiger partial charge in [0.1, 0.15) is 5.00 Å². The minimum atomic E-state index is -0.511. The highest BCUT2D eigenvalue weighted by molar-refractivity contribution is 7.19. The Balaban J connectivity index is 2.79. The van der Waals surface area contributed by atoms with E-state index < -0.39 is 11.4 Å². The molecule has 1 heterocycles. The molecule has 1 amide bonds. The van der Waals surface area contributed by atoms with Crippen molar-refractivity contribution in [3.8, 4) is 0 Å². The third-order valence-electron chi connectivity index (χ3n) is 2.17. The first-order valence-corrected chi connectivity index (χ1v) is 6.19. The van der Waals surface area contributed by atoms with Crippen LogP contribution in [-0.2, 0) is 20.7 Å². The average Bonchev–Trinajstić information content (AvgIpc) is 2.57. The number of hydrogen-bond donors (Lipinski definition) is 2. The molecule has 0 unspecified atom stereocenters. The summed E-state index contributed by atoms with van der Waals surface area (Å²) >= 11 is 1.14. The molecule has 1 rings (SSSR count). The van der Waals surface area contributed by atoms with Gasteiger partial charge in [0.2, 0.25) is 5.91 Å². The summed E-state index contributed by atoms with van der Waals surface area (Å²) in [6.45, 7) is 5.40. The summed E-state index contributed by atoms with van der Waals surface area (Å²) in [7, 11) is 1.30. The first kappa shape index (κ1) is 14.4. The van der Waals surface area contributed by atoms with E-state index in [4.69, 9.17) is 5.73 Å². The molecule has 0 saturated carbocycles. The summed E-state index contributed by atoms with van der Waals surface area (Å²) in [6, 6.07) is 0. The van der Waals surface area contributed by atoms with E-state index in [0.717, 1.165) is 11.3 Å². The number of rotatable bonds is 3. The molecule has 7 heteroatoms. The summed E-state index contributed by atoms with van der Waals surface area (Å²) < 4.78 is 4.54. The second-order valence-electron chi connectivity index (χ2n) is 4.79. The normalized spacial score (nSPS) is 11.1. The number of esters is 1. The third kappa shape index (κ3) is 3.69. The van der Waals surface area contributed by atoms with Gasteiger partial charge in [0.25, 0.3) is 0 Å². The molecule has 0 bridgehead atoms. The van der Waals surface area contributed by atoms with E-state index in [1.54, 1.807) is 20.8 Å². The van der Waals surface area contributed by atoms with Crippen LogP contribution < -0.4 is 11.1 Å². The van der Waals surface area contributed by atoms with Crippen molar-refractivity contribution < 1.29 is 14.3 Å². The van der Waals surface area contributed by atoms with Gasteiger partial charge in [0, 0.05) is 5.41 Å². The van der Waals surface area contributed by atoms with Crippen molar-refractivity contribution in [2.24, 2.45) is 5.41 Å². The Morgan fingerprint density at radius 1 is 1.44 bits per heavy atom. The fraction of sp³-hybridized carbons (Fsp3) is 0.545. The molecule has 0 radical (unpaired) electrons. The Morgan fingerprint density at radius 2 is 2.06 bits per heavy atom. The van der Waals surface area contributed by atoms with Crippen molar-refractivity contribution in [3.63, 3.8) is 0 Å². The fourth-order valence-electron chi connectivity index (χ4n) is 1.04. The van der Waals surface area contributed by atoms with Gasteiger partial charge in [-0.2, -0.15) is 0 Å². The zero-order valence-electron chi connectivity index (χ0n) is 10.9. The van der Waals surface area contributed by atoms with Gasteiger partial charge in [0.05, 0.1) is 19.2 Å². The Kier molecular flexibility index (Phi) is 4.28. The topological polar surface area (TPSA) is 94.3 Å². The van der Waals surface area contributed by atoms with Crippen LogP contribution in [-0.4, -0.2) is 24.0 Å². The van der Waals surface area contributed by atoms with Gasteiger partial charge in [-0.05, 0) is 0 Å². The lowest BCUT2D eigenvalue weighted by atomic mass is 9.96. The third-order valence-corrected chi connectivity index (χ3v) is 3.01. The van der Waals surface area contributed by atoms with Gasteiger partial charge in [-0.1, -0.05) is 32.1 Å². The minimum Gasteiger partial charge on any atom is -0.469 e. The standard InChI is InChI=1S/C11H17N3O3S/c1-11(2,3)9(16)14-10-13-6(8(12)18-10)5-7(15)17-4/h5,12H2,1-4H3,(H,13,14,16). The molecule has 1 aromatic rings. The molecule has 1 aromatic heterocycles. The summed E-state index contributed by atoms with van der Waals surface area (Å²) in [4.78, 5) is 27.0. The first-order valence-electron chi connectivity index (χ1n) is 5.37. The average molecular weight is 271 g/mol. The van der Waals surface area contributed by atoms with Gasteiger partial charge in [-0.15, -0.1) is 0 Å². The van der Waals surface area contributed by atoms with Crippen molar-refractivity contribution in [1.82, 2.24) is 4.98 Å². The van der Waals surface area contributed by atoms with Gasteiger partial charge in [-0.3, -0.25) is 9.59 Å². The molecule has 0 spiro atoms. The molecule has 0 aliphatic rings. The van der Waals surface area contributed by atoms with Crippen molar-refractivity contribution in [3.05, 3.63) is 5.69 Å². The highest BCUT2D eigenvalue weighted by Gasteiger charge is 2.23. The number of nitrogens with two attached hydrogens (primary N) is 1. The smallest absolute Gasteiger partial charge is 0.311 e. The van der Waals surface area contributed by atoms with Crippen LogP contribution in [0.1, 0.15) is 26.5 Å². The SMILES string of the molecule is COC(=O)Cc1nc(NC(=O)C(C)(C)C)sc1N. The number of ether oxygens (including phenoxy) is 1. The maximum atomic E-state index is 11.8. The van der Waals surface area contributed by atoms with Gasteiger partial charge in [0.15, 0.2) is 5.13 Å². The van der Waals surface area contributed by atoms with Crippen LogP contribution >= 0.6 is 11.3 Å². The molecule has 0 aliphatic heterocycles. The van der Waals surface area contributed by atoms with Crippen molar-refractivity contribution >= 4 is 33.3 Å². The number of carbonyl (C=O) groups excluding carboxylic acids is 2. The van der Waals surface area contributed by atoms with Crippen LogP contribution in [0, 0.1) is 5.41 Å². The number of aromatic nitrogens is 1. The maximum Gasteiger partial charge on any atom is 0.311 e. The summed E-state index contributed by atoms with van der Waals surface area (Å²) in [5.41, 5.74) is 5.64. The number of thiazole rings is 1. The number of anilines is 2. The van der Waals surface area contributed by atoms with E-state index in [-0.39, 0.29) is 12.3 Å². The highest BCUT2D eigenvalue weighted by Crippen LogP contribution is 2.27. The number of carbonyl (C=O) groups is 2. The molecule has 3 N–H and O–H groups in total.